The van der Waals surface area contributed by atoms with E-state index in [9.17, 15) is 0 Å². The molecule has 1 N–H and O–H groups in total. The average Bonchev–Trinajstić information content (AvgIpc) is 3.45. The van der Waals surface area contributed by atoms with E-state index in [0.717, 1.165) is 28.5 Å². The molecule has 0 bridgehead atoms. The van der Waals surface area contributed by atoms with E-state index in [1.807, 2.05) is 67.7 Å². The summed E-state index contributed by atoms with van der Waals surface area (Å²) in [7, 11) is 0. The fraction of sp³-hybridized carbons (Fsp3) is 0.154. The van der Waals surface area contributed by atoms with Gasteiger partial charge in [-0.05, 0) is 91.9 Å². The third-order valence-corrected chi connectivity index (χ3v) is 6.28. The van der Waals surface area contributed by atoms with Crippen molar-refractivity contribution in [3.63, 3.8) is 0 Å². The van der Waals surface area contributed by atoms with Crippen molar-refractivity contribution in [1.29, 1.82) is 0 Å². The van der Waals surface area contributed by atoms with Gasteiger partial charge in [0.25, 0.3) is 0 Å². The molecule has 0 saturated carbocycles. The zero-order valence-electron chi connectivity index (χ0n) is 18.1. The van der Waals surface area contributed by atoms with Crippen molar-refractivity contribution in [3.8, 4) is 11.4 Å². The summed E-state index contributed by atoms with van der Waals surface area (Å²) < 4.78 is 7.81. The fourth-order valence-electron chi connectivity index (χ4n) is 4.28. The van der Waals surface area contributed by atoms with Gasteiger partial charge in [0.05, 0.1) is 18.3 Å². The fourth-order valence-corrected chi connectivity index (χ4v) is 4.75. The molecule has 0 spiro atoms. The molecule has 33 heavy (non-hydrogen) atoms. The largest absolute Gasteiger partial charge is 0.494 e. The smallest absolute Gasteiger partial charge is 0.174 e. The Kier molecular flexibility index (Phi) is 6.03. The summed E-state index contributed by atoms with van der Waals surface area (Å²) in [4.78, 5) is 6.78. The number of hydrogen-bond donors (Lipinski definition) is 1. The molecule has 0 aliphatic carbocycles. The molecule has 1 saturated heterocycles. The van der Waals surface area contributed by atoms with Crippen molar-refractivity contribution in [2.45, 2.75) is 19.0 Å². The van der Waals surface area contributed by atoms with Crippen molar-refractivity contribution < 1.29 is 4.74 Å². The van der Waals surface area contributed by atoms with Crippen LogP contribution in [0.2, 0.25) is 5.02 Å². The molecule has 2 aromatic carbocycles. The number of halogens is 1. The number of thiocarbonyl (C=S) groups is 1. The first kappa shape index (κ1) is 21.5. The molecule has 4 aromatic rings. The Bertz CT molecular complexity index is 1240. The second kappa shape index (κ2) is 9.25. The van der Waals surface area contributed by atoms with Crippen LogP contribution in [0.4, 0.5) is 5.69 Å². The van der Waals surface area contributed by atoms with E-state index in [0.29, 0.717) is 16.7 Å². The van der Waals surface area contributed by atoms with Crippen LogP contribution in [0.1, 0.15) is 30.4 Å². The maximum Gasteiger partial charge on any atom is 0.174 e. The van der Waals surface area contributed by atoms with Crippen molar-refractivity contribution in [1.82, 2.24) is 14.9 Å². The number of nitrogens with zero attached hydrogens (tertiary/aromatic N) is 3. The molecule has 2 aromatic heterocycles. The second-order valence-corrected chi connectivity index (χ2v) is 8.53. The van der Waals surface area contributed by atoms with E-state index in [4.69, 9.17) is 28.6 Å². The van der Waals surface area contributed by atoms with Crippen LogP contribution in [0.5, 0.6) is 5.75 Å². The highest BCUT2D eigenvalue weighted by atomic mass is 35.5. The topological polar surface area (TPSA) is 42.3 Å². The standard InChI is InChI=1S/C26H23ClN4OS/c1-2-32-21-14-12-19(13-15-21)30-17-5-7-23(30)25-24(22-6-3-4-16-28-22)29-26(33)31(25)20-10-8-18(27)9-11-20/h3-17,24-25H,2H2,1H3,(H,29,33)/t24-,25-/m1/s1. The van der Waals surface area contributed by atoms with Crippen LogP contribution in [0.25, 0.3) is 5.69 Å². The molecule has 0 amide bonds. The minimum Gasteiger partial charge on any atom is -0.494 e. The van der Waals surface area contributed by atoms with Gasteiger partial charge in [-0.15, -0.1) is 0 Å². The number of aromatic nitrogens is 2. The van der Waals surface area contributed by atoms with Gasteiger partial charge in [-0.1, -0.05) is 17.7 Å². The van der Waals surface area contributed by atoms with Crippen molar-refractivity contribution >= 4 is 34.6 Å². The summed E-state index contributed by atoms with van der Waals surface area (Å²) in [6.45, 7) is 2.62. The normalized spacial score (nSPS) is 17.8. The molecule has 1 aliphatic rings. The van der Waals surface area contributed by atoms with E-state index in [1.165, 1.54) is 0 Å². The number of pyridine rings is 1. The number of ether oxygens (including phenoxy) is 1. The van der Waals surface area contributed by atoms with Crippen molar-refractivity contribution in [3.05, 3.63) is 108 Å². The first-order valence-corrected chi connectivity index (χ1v) is 11.6. The molecule has 0 radical (unpaired) electrons. The zero-order chi connectivity index (χ0) is 22.8. The van der Waals surface area contributed by atoms with Crippen LogP contribution in [-0.2, 0) is 0 Å². The van der Waals surface area contributed by atoms with Gasteiger partial charge in [0, 0.05) is 34.5 Å². The molecule has 3 heterocycles. The lowest BCUT2D eigenvalue weighted by Crippen LogP contribution is -2.30. The van der Waals surface area contributed by atoms with Gasteiger partial charge < -0.3 is 19.5 Å². The van der Waals surface area contributed by atoms with Crippen LogP contribution in [0.15, 0.2) is 91.3 Å². The van der Waals surface area contributed by atoms with E-state index in [1.54, 1.807) is 0 Å². The van der Waals surface area contributed by atoms with Gasteiger partial charge >= 0.3 is 0 Å². The summed E-state index contributed by atoms with van der Waals surface area (Å²) in [5.41, 5.74) is 4.05. The highest BCUT2D eigenvalue weighted by Crippen LogP contribution is 2.42. The first-order valence-electron chi connectivity index (χ1n) is 10.8. The summed E-state index contributed by atoms with van der Waals surface area (Å²) in [6, 6.07) is 25.8. The summed E-state index contributed by atoms with van der Waals surface area (Å²) in [5, 5.41) is 4.84. The Morgan fingerprint density at radius 2 is 1.73 bits per heavy atom. The van der Waals surface area contributed by atoms with Crippen LogP contribution in [-0.4, -0.2) is 21.3 Å². The Morgan fingerprint density at radius 3 is 2.42 bits per heavy atom. The Hall–Kier alpha value is -3.35. The molecule has 2 atom stereocenters. The second-order valence-electron chi connectivity index (χ2n) is 7.70. The molecule has 5 nitrogen and oxygen atoms in total. The Balaban J connectivity index is 1.61. The van der Waals surface area contributed by atoms with Crippen molar-refractivity contribution in [2.24, 2.45) is 0 Å². The number of hydrogen-bond acceptors (Lipinski definition) is 3. The van der Waals surface area contributed by atoms with Crippen molar-refractivity contribution in [2.75, 3.05) is 11.5 Å². The molecule has 5 rings (SSSR count). The Morgan fingerprint density at radius 1 is 0.970 bits per heavy atom. The third-order valence-electron chi connectivity index (χ3n) is 5.71. The minimum atomic E-state index is -0.120. The van der Waals surface area contributed by atoms with Gasteiger partial charge in [-0.3, -0.25) is 4.98 Å². The number of benzene rings is 2. The zero-order valence-corrected chi connectivity index (χ0v) is 19.6. The van der Waals surface area contributed by atoms with Gasteiger partial charge in [0.1, 0.15) is 11.8 Å². The maximum absolute atomic E-state index is 6.16. The lowest BCUT2D eigenvalue weighted by molar-refractivity contribution is 0.340. The van der Waals surface area contributed by atoms with Gasteiger partial charge in [0.15, 0.2) is 5.11 Å². The van der Waals surface area contributed by atoms with Gasteiger partial charge in [0.2, 0.25) is 0 Å². The van der Waals surface area contributed by atoms with E-state index in [2.05, 4.69) is 50.2 Å². The quantitative estimate of drug-likeness (QED) is 0.342. The molecule has 1 fully saturated rings. The molecule has 166 valence electrons. The molecular formula is C26H23ClN4OS. The van der Waals surface area contributed by atoms with Crippen LogP contribution in [0.3, 0.4) is 0 Å². The van der Waals surface area contributed by atoms with Crippen LogP contribution < -0.4 is 15.0 Å². The minimum absolute atomic E-state index is 0.116. The highest BCUT2D eigenvalue weighted by Gasteiger charge is 2.42. The SMILES string of the molecule is CCOc1ccc(-n2cccc2[C@@H]2[C@@H](c3ccccn3)NC(=S)N2c2ccc(Cl)cc2)cc1. The number of anilines is 1. The van der Waals surface area contributed by atoms with Crippen LogP contribution >= 0.6 is 23.8 Å². The number of rotatable bonds is 6. The van der Waals surface area contributed by atoms with E-state index >= 15 is 0 Å². The number of nitrogens with one attached hydrogen (secondary N) is 1. The molecule has 1 aliphatic heterocycles. The first-order chi connectivity index (χ1) is 16.2. The lowest BCUT2D eigenvalue weighted by atomic mass is 10.0. The predicted molar refractivity (Wildman–Crippen MR) is 136 cm³/mol. The molecule has 0 unspecified atom stereocenters. The summed E-state index contributed by atoms with van der Waals surface area (Å²) in [6.07, 6.45) is 3.88. The van der Waals surface area contributed by atoms with Crippen LogP contribution in [0, 0.1) is 0 Å². The maximum atomic E-state index is 6.16. The van der Waals surface area contributed by atoms with E-state index in [-0.39, 0.29) is 12.1 Å². The lowest BCUT2D eigenvalue weighted by Gasteiger charge is -2.29. The van der Waals surface area contributed by atoms with E-state index < -0.39 is 0 Å². The Labute approximate surface area is 203 Å². The average molecular weight is 475 g/mol. The molecule has 7 heteroatoms. The predicted octanol–water partition coefficient (Wildman–Crippen LogP) is 6.10. The monoisotopic (exact) mass is 474 g/mol. The van der Waals surface area contributed by atoms with Gasteiger partial charge in [-0.25, -0.2) is 0 Å². The summed E-state index contributed by atoms with van der Waals surface area (Å²) >= 11 is 12.0. The third kappa shape index (κ3) is 4.19. The van der Waals surface area contributed by atoms with Gasteiger partial charge in [-0.2, -0.15) is 0 Å². The summed E-state index contributed by atoms with van der Waals surface area (Å²) in [5.74, 6) is 0.854. The molecular weight excluding hydrogens is 452 g/mol. The highest BCUT2D eigenvalue weighted by molar-refractivity contribution is 7.80.